The van der Waals surface area contributed by atoms with E-state index >= 15 is 0 Å². The third-order valence-electron chi connectivity index (χ3n) is 3.17. The number of rotatable bonds is 1. The van der Waals surface area contributed by atoms with Gasteiger partial charge in [-0.25, -0.2) is 0 Å². The summed E-state index contributed by atoms with van der Waals surface area (Å²) in [6, 6.07) is 14.9. The maximum absolute atomic E-state index is 4.44. The van der Waals surface area contributed by atoms with Gasteiger partial charge in [0.05, 0.1) is 15.9 Å². The van der Waals surface area contributed by atoms with Crippen LogP contribution in [0.3, 0.4) is 0 Å². The molecule has 1 aromatic heterocycles. The number of halogens is 1. The summed E-state index contributed by atoms with van der Waals surface area (Å²) in [5, 5.41) is 6.95. The van der Waals surface area contributed by atoms with Crippen molar-refractivity contribution >= 4 is 26.7 Å². The molecule has 3 heteroatoms. The van der Waals surface area contributed by atoms with Crippen molar-refractivity contribution in [3.8, 4) is 11.3 Å². The molecule has 0 aliphatic rings. The minimum atomic E-state index is 1.01. The second kappa shape index (κ2) is 4.25. The standard InChI is InChI=1S/C15H13BrN2/c1-10-14(16)15(18(2)17-10)13-8-7-11-5-3-4-6-12(11)9-13/h3-9H,1-2H3. The lowest BCUT2D eigenvalue weighted by Crippen LogP contribution is -1.93. The Balaban J connectivity index is 2.25. The van der Waals surface area contributed by atoms with Gasteiger partial charge in [0.25, 0.3) is 0 Å². The zero-order valence-electron chi connectivity index (χ0n) is 10.3. The predicted molar refractivity (Wildman–Crippen MR) is 78.6 cm³/mol. The van der Waals surface area contributed by atoms with E-state index in [2.05, 4.69) is 63.5 Å². The van der Waals surface area contributed by atoms with E-state index in [0.717, 1.165) is 15.9 Å². The van der Waals surface area contributed by atoms with Crippen LogP contribution >= 0.6 is 15.9 Å². The fraction of sp³-hybridized carbons (Fsp3) is 0.133. The lowest BCUT2D eigenvalue weighted by molar-refractivity contribution is 0.764. The second-order valence-corrected chi connectivity index (χ2v) is 5.23. The molecule has 3 rings (SSSR count). The molecule has 0 radical (unpaired) electrons. The quantitative estimate of drug-likeness (QED) is 0.655. The van der Waals surface area contributed by atoms with E-state index in [1.165, 1.54) is 16.3 Å². The molecule has 0 saturated carbocycles. The summed E-state index contributed by atoms with van der Waals surface area (Å²) in [4.78, 5) is 0. The van der Waals surface area contributed by atoms with Crippen LogP contribution in [0.15, 0.2) is 46.9 Å². The monoisotopic (exact) mass is 300 g/mol. The van der Waals surface area contributed by atoms with Crippen LogP contribution in [0.25, 0.3) is 22.0 Å². The highest BCUT2D eigenvalue weighted by atomic mass is 79.9. The van der Waals surface area contributed by atoms with Crippen molar-refractivity contribution in [3.63, 3.8) is 0 Å². The van der Waals surface area contributed by atoms with Crippen LogP contribution in [0.5, 0.6) is 0 Å². The molecule has 3 aromatic rings. The summed E-state index contributed by atoms with van der Waals surface area (Å²) in [5.41, 5.74) is 3.32. The van der Waals surface area contributed by atoms with Crippen LogP contribution in [-0.4, -0.2) is 9.78 Å². The number of hydrogen-bond donors (Lipinski definition) is 0. The molecule has 0 atom stereocenters. The highest BCUT2D eigenvalue weighted by molar-refractivity contribution is 9.10. The van der Waals surface area contributed by atoms with E-state index in [4.69, 9.17) is 0 Å². The molecule has 0 spiro atoms. The molecule has 0 fully saturated rings. The van der Waals surface area contributed by atoms with E-state index in [-0.39, 0.29) is 0 Å². The summed E-state index contributed by atoms with van der Waals surface area (Å²) in [7, 11) is 1.97. The molecule has 2 nitrogen and oxygen atoms in total. The number of nitrogens with zero attached hydrogens (tertiary/aromatic N) is 2. The van der Waals surface area contributed by atoms with Gasteiger partial charge in [0.1, 0.15) is 0 Å². The third-order valence-corrected chi connectivity index (χ3v) is 4.12. The number of benzene rings is 2. The lowest BCUT2D eigenvalue weighted by Gasteiger charge is -2.05. The van der Waals surface area contributed by atoms with Crippen molar-refractivity contribution in [1.82, 2.24) is 9.78 Å². The summed E-state index contributed by atoms with van der Waals surface area (Å²) in [5.74, 6) is 0. The van der Waals surface area contributed by atoms with Gasteiger partial charge in [-0.1, -0.05) is 36.4 Å². The van der Waals surface area contributed by atoms with Gasteiger partial charge in [-0.3, -0.25) is 4.68 Å². The highest BCUT2D eigenvalue weighted by Crippen LogP contribution is 2.32. The van der Waals surface area contributed by atoms with E-state index in [0.29, 0.717) is 0 Å². The Bertz CT molecular complexity index is 728. The Kier molecular flexibility index (Phi) is 2.71. The van der Waals surface area contributed by atoms with Gasteiger partial charge < -0.3 is 0 Å². The topological polar surface area (TPSA) is 17.8 Å². The maximum Gasteiger partial charge on any atom is 0.0824 e. The van der Waals surface area contributed by atoms with Crippen molar-refractivity contribution in [1.29, 1.82) is 0 Å². The summed E-state index contributed by atoms with van der Waals surface area (Å²) >= 11 is 3.62. The Hall–Kier alpha value is -1.61. The van der Waals surface area contributed by atoms with Crippen molar-refractivity contribution in [2.45, 2.75) is 6.92 Å². The zero-order chi connectivity index (χ0) is 12.7. The predicted octanol–water partition coefficient (Wildman–Crippen LogP) is 4.31. The van der Waals surface area contributed by atoms with E-state index in [1.807, 2.05) is 18.7 Å². The minimum absolute atomic E-state index is 1.01. The number of hydrogen-bond acceptors (Lipinski definition) is 1. The molecule has 90 valence electrons. The summed E-state index contributed by atoms with van der Waals surface area (Å²) in [6.45, 7) is 2.01. The molecule has 1 heterocycles. The number of aromatic nitrogens is 2. The fourth-order valence-electron chi connectivity index (χ4n) is 2.28. The largest absolute Gasteiger partial charge is 0.266 e. The van der Waals surface area contributed by atoms with E-state index in [1.54, 1.807) is 0 Å². The average Bonchev–Trinajstić information content (AvgIpc) is 2.63. The van der Waals surface area contributed by atoms with Crippen molar-refractivity contribution in [2.24, 2.45) is 7.05 Å². The van der Waals surface area contributed by atoms with E-state index in [9.17, 15) is 0 Å². The average molecular weight is 301 g/mol. The molecule has 2 aromatic carbocycles. The van der Waals surface area contributed by atoms with Crippen LogP contribution in [0.1, 0.15) is 5.69 Å². The first kappa shape index (κ1) is 11.5. The molecule has 0 unspecified atom stereocenters. The normalized spacial score (nSPS) is 11.1. The number of fused-ring (bicyclic) bond motifs is 1. The smallest absolute Gasteiger partial charge is 0.0824 e. The van der Waals surface area contributed by atoms with Gasteiger partial charge in [0.2, 0.25) is 0 Å². The molecular weight excluding hydrogens is 288 g/mol. The van der Waals surface area contributed by atoms with Crippen molar-refractivity contribution < 1.29 is 0 Å². The highest BCUT2D eigenvalue weighted by Gasteiger charge is 2.12. The Morgan fingerprint density at radius 3 is 2.44 bits per heavy atom. The molecule has 0 saturated heterocycles. The van der Waals surface area contributed by atoms with Crippen molar-refractivity contribution in [3.05, 3.63) is 52.6 Å². The van der Waals surface area contributed by atoms with Crippen LogP contribution in [-0.2, 0) is 7.05 Å². The third kappa shape index (κ3) is 1.75. The maximum atomic E-state index is 4.44. The Morgan fingerprint density at radius 1 is 1.06 bits per heavy atom. The first-order valence-corrected chi connectivity index (χ1v) is 6.64. The molecule has 18 heavy (non-hydrogen) atoms. The first-order chi connectivity index (χ1) is 8.66. The zero-order valence-corrected chi connectivity index (χ0v) is 11.9. The van der Waals surface area contributed by atoms with Gasteiger partial charge in [-0.05, 0) is 39.7 Å². The Morgan fingerprint density at radius 2 is 1.78 bits per heavy atom. The van der Waals surface area contributed by atoms with Gasteiger partial charge >= 0.3 is 0 Å². The Labute approximate surface area is 114 Å². The molecule has 0 N–H and O–H groups in total. The van der Waals surface area contributed by atoms with Gasteiger partial charge in [0.15, 0.2) is 0 Å². The molecule has 0 aliphatic heterocycles. The fourth-order valence-corrected chi connectivity index (χ4v) is 2.85. The van der Waals surface area contributed by atoms with Gasteiger partial charge in [0, 0.05) is 12.6 Å². The lowest BCUT2D eigenvalue weighted by atomic mass is 10.0. The van der Waals surface area contributed by atoms with Crippen LogP contribution in [0, 0.1) is 6.92 Å². The molecule has 0 aliphatic carbocycles. The van der Waals surface area contributed by atoms with Gasteiger partial charge in [-0.2, -0.15) is 5.10 Å². The summed E-state index contributed by atoms with van der Waals surface area (Å²) in [6.07, 6.45) is 0. The summed E-state index contributed by atoms with van der Waals surface area (Å²) < 4.78 is 2.99. The van der Waals surface area contributed by atoms with E-state index < -0.39 is 0 Å². The van der Waals surface area contributed by atoms with Crippen LogP contribution in [0.2, 0.25) is 0 Å². The van der Waals surface area contributed by atoms with Crippen LogP contribution < -0.4 is 0 Å². The molecular formula is C15H13BrN2. The van der Waals surface area contributed by atoms with Crippen LogP contribution in [0.4, 0.5) is 0 Å². The van der Waals surface area contributed by atoms with Crippen molar-refractivity contribution in [2.75, 3.05) is 0 Å². The minimum Gasteiger partial charge on any atom is -0.266 e. The number of aryl methyl sites for hydroxylation is 2. The molecule has 0 bridgehead atoms. The van der Waals surface area contributed by atoms with Gasteiger partial charge in [-0.15, -0.1) is 0 Å². The first-order valence-electron chi connectivity index (χ1n) is 5.85. The molecule has 0 amide bonds. The second-order valence-electron chi connectivity index (χ2n) is 4.43. The SMILES string of the molecule is Cc1nn(C)c(-c2ccc3ccccc3c2)c1Br.